The Balaban J connectivity index is 2.46. The predicted octanol–water partition coefficient (Wildman–Crippen LogP) is 0.361. The van der Waals surface area contributed by atoms with Gasteiger partial charge in [0, 0.05) is 13.1 Å². The summed E-state index contributed by atoms with van der Waals surface area (Å²) in [4.78, 5) is 13.8. The zero-order valence-corrected chi connectivity index (χ0v) is 10.7. The molecule has 1 heterocycles. The van der Waals surface area contributed by atoms with Crippen LogP contribution >= 0.6 is 0 Å². The topological polar surface area (TPSA) is 52.6 Å². The molecule has 2 N–H and O–H groups in total. The molecule has 1 aliphatic heterocycles. The normalized spacial score (nSPS) is 21.2. The first-order chi connectivity index (χ1) is 8.05. The summed E-state index contributed by atoms with van der Waals surface area (Å²) in [5.74, 6) is 2.62. The van der Waals surface area contributed by atoms with Crippen LogP contribution in [0.3, 0.4) is 0 Å². The maximum atomic E-state index is 11.9. The van der Waals surface area contributed by atoms with Crippen LogP contribution < -0.4 is 5.32 Å². The van der Waals surface area contributed by atoms with Crippen LogP contribution in [0.1, 0.15) is 33.1 Å². The molecule has 1 amide bonds. The molecule has 1 fully saturated rings. The molecule has 17 heavy (non-hydrogen) atoms. The summed E-state index contributed by atoms with van der Waals surface area (Å²) in [5.41, 5.74) is -0.518. The van der Waals surface area contributed by atoms with Crippen LogP contribution in [0.25, 0.3) is 0 Å². The minimum Gasteiger partial charge on any atom is -0.392 e. The van der Waals surface area contributed by atoms with Crippen molar-refractivity contribution in [2.75, 3.05) is 19.6 Å². The van der Waals surface area contributed by atoms with Gasteiger partial charge >= 0.3 is 0 Å². The van der Waals surface area contributed by atoms with Crippen molar-refractivity contribution >= 4 is 5.91 Å². The van der Waals surface area contributed by atoms with Crippen molar-refractivity contribution < 1.29 is 9.90 Å². The molecule has 0 aromatic carbocycles. The Kier molecular flexibility index (Phi) is 4.98. The Morgan fingerprint density at radius 1 is 1.59 bits per heavy atom. The van der Waals surface area contributed by atoms with Crippen LogP contribution in [0.4, 0.5) is 0 Å². The van der Waals surface area contributed by atoms with Crippen molar-refractivity contribution in [3.8, 4) is 12.3 Å². The first-order valence-electron chi connectivity index (χ1n) is 6.24. The number of carbonyl (C=O) groups excluding carboxylic acids is 1. The van der Waals surface area contributed by atoms with Gasteiger partial charge in [0.15, 0.2) is 0 Å². The largest absolute Gasteiger partial charge is 0.392 e. The molecule has 0 aromatic heterocycles. The fourth-order valence-corrected chi connectivity index (χ4v) is 2.13. The fourth-order valence-electron chi connectivity index (χ4n) is 2.13. The van der Waals surface area contributed by atoms with Gasteiger partial charge in [-0.1, -0.05) is 19.8 Å². The molecule has 1 rings (SSSR count). The Labute approximate surface area is 103 Å². The zero-order chi connectivity index (χ0) is 12.9. The average molecular weight is 238 g/mol. The monoisotopic (exact) mass is 238 g/mol. The summed E-state index contributed by atoms with van der Waals surface area (Å²) in [6, 6.07) is 0. The van der Waals surface area contributed by atoms with E-state index in [0.717, 1.165) is 25.8 Å². The molecule has 1 saturated heterocycles. The summed E-state index contributed by atoms with van der Waals surface area (Å²) >= 11 is 0. The van der Waals surface area contributed by atoms with E-state index in [0.29, 0.717) is 13.1 Å². The van der Waals surface area contributed by atoms with E-state index in [2.05, 4.69) is 11.2 Å². The standard InChI is InChI=1S/C13H22N2O2/c1-4-13(5-2,6-3)14-12(17)10-15-8-7-11(16)9-15/h1,11,16H,5-10H2,2-3H3,(H,14,17)/t11-/m1/s1. The highest BCUT2D eigenvalue weighted by Crippen LogP contribution is 2.14. The van der Waals surface area contributed by atoms with Crippen LogP contribution in [0.5, 0.6) is 0 Å². The van der Waals surface area contributed by atoms with Crippen LogP contribution in [0, 0.1) is 12.3 Å². The van der Waals surface area contributed by atoms with Gasteiger partial charge in [-0.2, -0.15) is 0 Å². The van der Waals surface area contributed by atoms with Crippen molar-refractivity contribution in [2.24, 2.45) is 0 Å². The number of amides is 1. The molecule has 0 spiro atoms. The third-order valence-electron chi connectivity index (χ3n) is 3.48. The van der Waals surface area contributed by atoms with Gasteiger partial charge in [0.2, 0.25) is 5.91 Å². The van der Waals surface area contributed by atoms with Crippen LogP contribution in [-0.4, -0.2) is 47.2 Å². The molecule has 1 atom stereocenters. The first kappa shape index (κ1) is 14.0. The molecule has 1 aliphatic rings. The molecule has 96 valence electrons. The van der Waals surface area contributed by atoms with Gasteiger partial charge in [-0.05, 0) is 19.3 Å². The molecule has 0 aromatic rings. The lowest BCUT2D eigenvalue weighted by molar-refractivity contribution is -0.123. The number of carbonyl (C=O) groups is 1. The highest BCUT2D eigenvalue weighted by atomic mass is 16.3. The van der Waals surface area contributed by atoms with E-state index in [1.54, 1.807) is 0 Å². The van der Waals surface area contributed by atoms with Gasteiger partial charge < -0.3 is 10.4 Å². The summed E-state index contributed by atoms with van der Waals surface area (Å²) in [6.45, 7) is 5.62. The zero-order valence-electron chi connectivity index (χ0n) is 10.7. The van der Waals surface area contributed by atoms with Gasteiger partial charge in [0.25, 0.3) is 0 Å². The Morgan fingerprint density at radius 2 is 2.24 bits per heavy atom. The molecule has 0 aliphatic carbocycles. The van der Waals surface area contributed by atoms with Crippen molar-refractivity contribution in [1.29, 1.82) is 0 Å². The number of likely N-dealkylation sites (tertiary alicyclic amines) is 1. The number of aliphatic hydroxyl groups excluding tert-OH is 1. The van der Waals surface area contributed by atoms with E-state index in [9.17, 15) is 9.90 Å². The molecule has 4 nitrogen and oxygen atoms in total. The van der Waals surface area contributed by atoms with E-state index < -0.39 is 5.54 Å². The highest BCUT2D eigenvalue weighted by molar-refractivity contribution is 5.79. The van der Waals surface area contributed by atoms with E-state index in [4.69, 9.17) is 6.42 Å². The maximum Gasteiger partial charge on any atom is 0.235 e. The molecule has 0 bridgehead atoms. The minimum absolute atomic E-state index is 0.0549. The second-order valence-corrected chi connectivity index (χ2v) is 4.66. The van der Waals surface area contributed by atoms with E-state index in [-0.39, 0.29) is 12.0 Å². The number of hydrogen-bond acceptors (Lipinski definition) is 3. The molecule has 0 saturated carbocycles. The number of hydrogen-bond donors (Lipinski definition) is 2. The van der Waals surface area contributed by atoms with Gasteiger partial charge in [0.1, 0.15) is 5.54 Å². The molecular formula is C13H22N2O2. The minimum atomic E-state index is -0.518. The lowest BCUT2D eigenvalue weighted by atomic mass is 9.94. The lowest BCUT2D eigenvalue weighted by Crippen LogP contribution is -2.49. The predicted molar refractivity (Wildman–Crippen MR) is 67.4 cm³/mol. The second-order valence-electron chi connectivity index (χ2n) is 4.66. The van der Waals surface area contributed by atoms with Crippen LogP contribution in [0.15, 0.2) is 0 Å². The number of nitrogens with zero attached hydrogens (tertiary/aromatic N) is 1. The van der Waals surface area contributed by atoms with Crippen LogP contribution in [0.2, 0.25) is 0 Å². The van der Waals surface area contributed by atoms with Crippen molar-refractivity contribution in [3.63, 3.8) is 0 Å². The SMILES string of the molecule is C#CC(CC)(CC)NC(=O)CN1CC[C@@H](O)C1. The second kappa shape index (κ2) is 6.04. The number of rotatable bonds is 5. The maximum absolute atomic E-state index is 11.9. The fraction of sp³-hybridized carbons (Fsp3) is 0.769. The van der Waals surface area contributed by atoms with Gasteiger partial charge in [-0.25, -0.2) is 0 Å². The first-order valence-corrected chi connectivity index (χ1v) is 6.24. The summed E-state index contributed by atoms with van der Waals surface area (Å²) in [6.07, 6.45) is 7.40. The van der Waals surface area contributed by atoms with Crippen molar-refractivity contribution in [3.05, 3.63) is 0 Å². The third kappa shape index (κ3) is 3.72. The Bertz CT molecular complexity index is 305. The van der Waals surface area contributed by atoms with Gasteiger partial charge in [-0.15, -0.1) is 6.42 Å². The van der Waals surface area contributed by atoms with Gasteiger partial charge in [0.05, 0.1) is 12.6 Å². The molecule has 0 radical (unpaired) electrons. The van der Waals surface area contributed by atoms with Gasteiger partial charge in [-0.3, -0.25) is 9.69 Å². The van der Waals surface area contributed by atoms with Crippen molar-refractivity contribution in [2.45, 2.75) is 44.8 Å². The smallest absolute Gasteiger partial charge is 0.235 e. The van der Waals surface area contributed by atoms with Crippen LogP contribution in [-0.2, 0) is 4.79 Å². The number of nitrogens with one attached hydrogen (secondary N) is 1. The van der Waals surface area contributed by atoms with E-state index >= 15 is 0 Å². The summed E-state index contributed by atoms with van der Waals surface area (Å²) < 4.78 is 0. The highest BCUT2D eigenvalue weighted by Gasteiger charge is 2.27. The Hall–Kier alpha value is -1.05. The number of β-amino-alcohol motifs (C(OH)–C–C–N with tert-alkyl or cyclic N) is 1. The Morgan fingerprint density at radius 3 is 2.65 bits per heavy atom. The molecular weight excluding hydrogens is 216 g/mol. The van der Waals surface area contributed by atoms with Crippen molar-refractivity contribution in [1.82, 2.24) is 10.2 Å². The van der Waals surface area contributed by atoms with E-state index in [1.165, 1.54) is 0 Å². The average Bonchev–Trinajstić information content (AvgIpc) is 2.72. The molecule has 4 heteroatoms. The lowest BCUT2D eigenvalue weighted by Gasteiger charge is -2.28. The quantitative estimate of drug-likeness (QED) is 0.680. The molecule has 0 unspecified atom stereocenters. The summed E-state index contributed by atoms with van der Waals surface area (Å²) in [7, 11) is 0. The number of terminal acetylenes is 1. The summed E-state index contributed by atoms with van der Waals surface area (Å²) in [5, 5.41) is 12.3. The van der Waals surface area contributed by atoms with E-state index in [1.807, 2.05) is 18.7 Å². The number of aliphatic hydroxyl groups is 1. The third-order valence-corrected chi connectivity index (χ3v) is 3.48.